The quantitative estimate of drug-likeness (QED) is 0.703. The number of nitrogens with zero attached hydrogens (tertiary/aromatic N) is 2. The van der Waals surface area contributed by atoms with Crippen LogP contribution in [0.1, 0.15) is 46.6 Å². The fourth-order valence-electron chi connectivity index (χ4n) is 3.18. The standard InChI is InChI=1S/C21H32N4O3/c1-15(20(2,3)4)24(6)14-17(26)23-25-18(27)21(5,22-19(25)28)13-12-16-10-8-7-9-11-16/h7-11,15H,12-14H2,1-6H3,(H,22,28)(H,23,26). The van der Waals surface area contributed by atoms with Gasteiger partial charge in [-0.15, -0.1) is 0 Å². The summed E-state index contributed by atoms with van der Waals surface area (Å²) in [4.78, 5) is 39.4. The van der Waals surface area contributed by atoms with Crippen LogP contribution in [0.2, 0.25) is 0 Å². The van der Waals surface area contributed by atoms with Crippen LogP contribution in [0.3, 0.4) is 0 Å². The van der Waals surface area contributed by atoms with E-state index in [0.717, 1.165) is 10.6 Å². The van der Waals surface area contributed by atoms with Gasteiger partial charge >= 0.3 is 6.03 Å². The zero-order chi connectivity index (χ0) is 21.1. The Balaban J connectivity index is 1.96. The Morgan fingerprint density at radius 2 is 1.86 bits per heavy atom. The molecule has 1 heterocycles. The van der Waals surface area contributed by atoms with Crippen molar-refractivity contribution in [1.82, 2.24) is 20.7 Å². The van der Waals surface area contributed by atoms with Gasteiger partial charge in [0.25, 0.3) is 11.8 Å². The number of aryl methyl sites for hydroxylation is 1. The largest absolute Gasteiger partial charge is 0.344 e. The number of likely N-dealkylation sites (N-methyl/N-ethyl adjacent to an activating group) is 1. The molecule has 0 aliphatic carbocycles. The Kier molecular flexibility index (Phi) is 6.49. The molecule has 2 atom stereocenters. The lowest BCUT2D eigenvalue weighted by atomic mass is 9.87. The average molecular weight is 389 g/mol. The Hall–Kier alpha value is -2.41. The molecule has 1 aliphatic heterocycles. The van der Waals surface area contributed by atoms with E-state index < -0.39 is 23.4 Å². The van der Waals surface area contributed by atoms with Crippen molar-refractivity contribution in [2.45, 2.75) is 59.0 Å². The summed E-state index contributed by atoms with van der Waals surface area (Å²) in [6, 6.07) is 9.33. The Bertz CT molecular complexity index is 729. The van der Waals surface area contributed by atoms with Gasteiger partial charge in [-0.05, 0) is 44.7 Å². The summed E-state index contributed by atoms with van der Waals surface area (Å²) in [6.45, 7) is 10.1. The molecular weight excluding hydrogens is 356 g/mol. The minimum absolute atomic E-state index is 0.00583. The van der Waals surface area contributed by atoms with Crippen LogP contribution in [-0.4, -0.2) is 52.9 Å². The summed E-state index contributed by atoms with van der Waals surface area (Å²) in [5, 5.41) is 3.52. The number of urea groups is 1. The smallest absolute Gasteiger partial charge is 0.322 e. The first-order chi connectivity index (χ1) is 12.9. The van der Waals surface area contributed by atoms with E-state index in [1.165, 1.54) is 0 Å². The minimum atomic E-state index is -1.04. The number of nitrogens with one attached hydrogen (secondary N) is 2. The lowest BCUT2D eigenvalue weighted by Crippen LogP contribution is -2.52. The molecule has 1 saturated heterocycles. The van der Waals surface area contributed by atoms with Crippen LogP contribution in [0.5, 0.6) is 0 Å². The van der Waals surface area contributed by atoms with Gasteiger partial charge in [0.05, 0.1) is 6.54 Å². The monoisotopic (exact) mass is 388 g/mol. The Labute approximate surface area is 167 Å². The molecule has 2 unspecified atom stereocenters. The van der Waals surface area contributed by atoms with E-state index in [2.05, 4.69) is 31.5 Å². The molecule has 154 valence electrons. The van der Waals surface area contributed by atoms with Crippen molar-refractivity contribution in [2.24, 2.45) is 5.41 Å². The summed E-state index contributed by atoms with van der Waals surface area (Å²) in [5.41, 5.74) is 2.52. The first-order valence-electron chi connectivity index (χ1n) is 9.64. The maximum atomic E-state index is 12.8. The molecule has 2 rings (SSSR count). The molecule has 1 aliphatic rings. The summed E-state index contributed by atoms with van der Waals surface area (Å²) in [6.07, 6.45) is 1.10. The van der Waals surface area contributed by atoms with Crippen molar-refractivity contribution in [3.05, 3.63) is 35.9 Å². The molecule has 0 spiro atoms. The molecule has 4 amide bonds. The zero-order valence-corrected chi connectivity index (χ0v) is 17.7. The highest BCUT2D eigenvalue weighted by Crippen LogP contribution is 2.24. The number of imide groups is 1. The molecule has 1 aromatic carbocycles. The van der Waals surface area contributed by atoms with Crippen molar-refractivity contribution >= 4 is 17.8 Å². The number of amides is 4. The number of benzene rings is 1. The first-order valence-corrected chi connectivity index (χ1v) is 9.64. The number of hydrazine groups is 1. The fourth-order valence-corrected chi connectivity index (χ4v) is 3.18. The van der Waals surface area contributed by atoms with Crippen LogP contribution in [0.25, 0.3) is 0 Å². The average Bonchev–Trinajstić information content (AvgIpc) is 2.83. The van der Waals surface area contributed by atoms with Crippen molar-refractivity contribution in [1.29, 1.82) is 0 Å². The van der Waals surface area contributed by atoms with Gasteiger partial charge in [0, 0.05) is 6.04 Å². The van der Waals surface area contributed by atoms with Gasteiger partial charge in [-0.1, -0.05) is 51.1 Å². The van der Waals surface area contributed by atoms with E-state index >= 15 is 0 Å². The van der Waals surface area contributed by atoms with Crippen molar-refractivity contribution in [2.75, 3.05) is 13.6 Å². The highest BCUT2D eigenvalue weighted by Gasteiger charge is 2.48. The second-order valence-electron chi connectivity index (χ2n) is 8.88. The summed E-state index contributed by atoms with van der Waals surface area (Å²) < 4.78 is 0. The maximum Gasteiger partial charge on any atom is 0.344 e. The predicted molar refractivity (Wildman–Crippen MR) is 108 cm³/mol. The van der Waals surface area contributed by atoms with Gasteiger partial charge in [-0.2, -0.15) is 5.01 Å². The van der Waals surface area contributed by atoms with Crippen LogP contribution in [0.15, 0.2) is 30.3 Å². The third kappa shape index (κ3) is 5.10. The molecule has 0 bridgehead atoms. The summed E-state index contributed by atoms with van der Waals surface area (Å²) in [7, 11) is 1.85. The van der Waals surface area contributed by atoms with Gasteiger partial charge in [0.1, 0.15) is 5.54 Å². The molecule has 1 aromatic rings. The van der Waals surface area contributed by atoms with Crippen LogP contribution < -0.4 is 10.7 Å². The molecule has 7 nitrogen and oxygen atoms in total. The molecule has 0 saturated carbocycles. The number of carbonyl (C=O) groups is 3. The van der Waals surface area contributed by atoms with Gasteiger partial charge in [0.2, 0.25) is 0 Å². The number of hydrogen-bond donors (Lipinski definition) is 2. The highest BCUT2D eigenvalue weighted by atomic mass is 16.2. The van der Waals surface area contributed by atoms with E-state index in [1.54, 1.807) is 6.92 Å². The Morgan fingerprint density at radius 1 is 1.25 bits per heavy atom. The van der Waals surface area contributed by atoms with Crippen molar-refractivity contribution < 1.29 is 14.4 Å². The Morgan fingerprint density at radius 3 is 2.43 bits per heavy atom. The van der Waals surface area contributed by atoms with Gasteiger partial charge in [-0.3, -0.25) is 19.9 Å². The van der Waals surface area contributed by atoms with E-state index in [0.29, 0.717) is 12.8 Å². The van der Waals surface area contributed by atoms with E-state index in [9.17, 15) is 14.4 Å². The molecule has 0 radical (unpaired) electrons. The van der Waals surface area contributed by atoms with E-state index in [1.807, 2.05) is 49.2 Å². The number of hydrogen-bond acceptors (Lipinski definition) is 4. The first kappa shape index (κ1) is 21.9. The van der Waals surface area contributed by atoms with E-state index in [4.69, 9.17) is 0 Å². The van der Waals surface area contributed by atoms with Gasteiger partial charge < -0.3 is 5.32 Å². The second-order valence-corrected chi connectivity index (χ2v) is 8.88. The molecule has 1 fully saturated rings. The van der Waals surface area contributed by atoms with Crippen molar-refractivity contribution in [3.63, 3.8) is 0 Å². The van der Waals surface area contributed by atoms with Gasteiger partial charge in [-0.25, -0.2) is 4.79 Å². The lowest BCUT2D eigenvalue weighted by molar-refractivity contribution is -0.139. The molecule has 2 N–H and O–H groups in total. The predicted octanol–water partition coefficient (Wildman–Crippen LogP) is 2.33. The zero-order valence-electron chi connectivity index (χ0n) is 17.7. The molecule has 7 heteroatoms. The third-order valence-corrected chi connectivity index (χ3v) is 5.56. The third-order valence-electron chi connectivity index (χ3n) is 5.56. The topological polar surface area (TPSA) is 81.8 Å². The van der Waals surface area contributed by atoms with Gasteiger partial charge in [0.15, 0.2) is 0 Å². The maximum absolute atomic E-state index is 12.8. The summed E-state index contributed by atoms with van der Waals surface area (Å²) in [5.74, 6) is -0.831. The van der Waals surface area contributed by atoms with Crippen LogP contribution in [-0.2, 0) is 16.0 Å². The fraction of sp³-hybridized carbons (Fsp3) is 0.571. The molecular formula is C21H32N4O3. The van der Waals surface area contributed by atoms with E-state index in [-0.39, 0.29) is 18.0 Å². The van der Waals surface area contributed by atoms with Crippen LogP contribution >= 0.6 is 0 Å². The lowest BCUT2D eigenvalue weighted by Gasteiger charge is -2.35. The normalized spacial score (nSPS) is 21.0. The van der Waals surface area contributed by atoms with Crippen LogP contribution in [0.4, 0.5) is 4.79 Å². The molecule has 0 aromatic heterocycles. The van der Waals surface area contributed by atoms with Crippen LogP contribution in [0, 0.1) is 5.41 Å². The SMILES string of the molecule is CC(N(C)CC(=O)NN1C(=O)NC(C)(CCc2ccccc2)C1=O)C(C)(C)C. The summed E-state index contributed by atoms with van der Waals surface area (Å²) >= 11 is 0. The minimum Gasteiger partial charge on any atom is -0.322 e. The number of carbonyl (C=O) groups excluding carboxylic acids is 3. The number of rotatable bonds is 7. The van der Waals surface area contributed by atoms with Crippen molar-refractivity contribution in [3.8, 4) is 0 Å². The molecule has 28 heavy (non-hydrogen) atoms. The highest BCUT2D eigenvalue weighted by molar-refractivity contribution is 6.07. The second kappa shape index (κ2) is 8.31.